The molecule has 1 fully saturated rings. The summed E-state index contributed by atoms with van der Waals surface area (Å²) in [5.41, 5.74) is 4.67. The van der Waals surface area contributed by atoms with Crippen LogP contribution in [-0.2, 0) is 17.6 Å². The SMILES string of the molecule is O=C(CCN1CCCCC1)N1c2ccccc2CCc2ccccc21. The summed E-state index contributed by atoms with van der Waals surface area (Å²) in [6.45, 7) is 3.15. The molecule has 0 radical (unpaired) electrons. The van der Waals surface area contributed by atoms with E-state index >= 15 is 0 Å². The Bertz CT molecular complexity index is 702. The van der Waals surface area contributed by atoms with Gasteiger partial charge in [-0.05, 0) is 62.0 Å². The van der Waals surface area contributed by atoms with Gasteiger partial charge in [0.2, 0.25) is 5.91 Å². The van der Waals surface area contributed by atoms with E-state index in [0.29, 0.717) is 6.42 Å². The smallest absolute Gasteiger partial charge is 0.232 e. The Morgan fingerprint density at radius 3 is 1.96 bits per heavy atom. The van der Waals surface area contributed by atoms with Crippen LogP contribution in [0.15, 0.2) is 48.5 Å². The van der Waals surface area contributed by atoms with E-state index in [9.17, 15) is 4.79 Å². The van der Waals surface area contributed by atoms with Crippen LogP contribution < -0.4 is 4.90 Å². The molecule has 2 aliphatic heterocycles. The molecule has 0 atom stereocenters. The van der Waals surface area contributed by atoms with Crippen LogP contribution in [0.5, 0.6) is 0 Å². The molecule has 130 valence electrons. The highest BCUT2D eigenvalue weighted by Gasteiger charge is 2.25. The van der Waals surface area contributed by atoms with Gasteiger partial charge in [-0.1, -0.05) is 42.8 Å². The van der Waals surface area contributed by atoms with Crippen molar-refractivity contribution in [1.29, 1.82) is 0 Å². The molecule has 2 aromatic carbocycles. The van der Waals surface area contributed by atoms with Gasteiger partial charge < -0.3 is 4.90 Å². The van der Waals surface area contributed by atoms with E-state index in [2.05, 4.69) is 41.3 Å². The van der Waals surface area contributed by atoms with Crippen LogP contribution in [0.4, 0.5) is 11.4 Å². The van der Waals surface area contributed by atoms with Crippen LogP contribution in [0.2, 0.25) is 0 Å². The Hall–Kier alpha value is -2.13. The first kappa shape index (κ1) is 16.3. The molecule has 25 heavy (non-hydrogen) atoms. The molecule has 0 aromatic heterocycles. The van der Waals surface area contributed by atoms with E-state index < -0.39 is 0 Å². The number of fused-ring (bicyclic) bond motifs is 2. The third kappa shape index (κ3) is 3.47. The van der Waals surface area contributed by atoms with Crippen LogP contribution >= 0.6 is 0 Å². The average Bonchev–Trinajstić information content (AvgIpc) is 2.84. The van der Waals surface area contributed by atoms with E-state index in [1.54, 1.807) is 0 Å². The van der Waals surface area contributed by atoms with Crippen LogP contribution in [-0.4, -0.2) is 30.4 Å². The molecule has 3 nitrogen and oxygen atoms in total. The average molecular weight is 334 g/mol. The number of aryl methyl sites for hydroxylation is 2. The largest absolute Gasteiger partial charge is 0.303 e. The molecule has 0 spiro atoms. The number of hydrogen-bond donors (Lipinski definition) is 0. The number of carbonyl (C=O) groups excluding carboxylic acids is 1. The van der Waals surface area contributed by atoms with Crippen molar-refractivity contribution in [3.05, 3.63) is 59.7 Å². The van der Waals surface area contributed by atoms with E-state index in [0.717, 1.165) is 43.9 Å². The van der Waals surface area contributed by atoms with Gasteiger partial charge in [0.25, 0.3) is 0 Å². The van der Waals surface area contributed by atoms with Gasteiger partial charge in [-0.15, -0.1) is 0 Å². The second-order valence-electron chi connectivity index (χ2n) is 7.14. The summed E-state index contributed by atoms with van der Waals surface area (Å²) in [4.78, 5) is 17.6. The maximum Gasteiger partial charge on any atom is 0.232 e. The third-order valence-corrected chi connectivity index (χ3v) is 5.47. The number of piperidine rings is 1. The molecule has 0 bridgehead atoms. The van der Waals surface area contributed by atoms with Gasteiger partial charge >= 0.3 is 0 Å². The predicted molar refractivity (Wildman–Crippen MR) is 102 cm³/mol. The molecule has 1 saturated heterocycles. The van der Waals surface area contributed by atoms with Crippen LogP contribution in [0.1, 0.15) is 36.8 Å². The number of amides is 1. The van der Waals surface area contributed by atoms with Gasteiger partial charge in [0, 0.05) is 13.0 Å². The molecule has 0 N–H and O–H groups in total. The number of carbonyl (C=O) groups is 1. The standard InChI is InChI=1S/C22H26N2O/c25-22(14-17-23-15-6-1-7-16-23)24-20-10-4-2-8-18(20)12-13-19-9-3-5-11-21(19)24/h2-5,8-11H,1,6-7,12-17H2. The maximum absolute atomic E-state index is 13.2. The van der Waals surface area contributed by atoms with Crippen molar-refractivity contribution in [1.82, 2.24) is 4.90 Å². The van der Waals surface area contributed by atoms with Crippen LogP contribution in [0.3, 0.4) is 0 Å². The van der Waals surface area contributed by atoms with Crippen LogP contribution in [0, 0.1) is 0 Å². The lowest BCUT2D eigenvalue weighted by Crippen LogP contribution is -2.35. The van der Waals surface area contributed by atoms with Gasteiger partial charge in [0.1, 0.15) is 0 Å². The minimum Gasteiger partial charge on any atom is -0.303 e. The van der Waals surface area contributed by atoms with Crippen molar-refractivity contribution >= 4 is 17.3 Å². The molecule has 0 saturated carbocycles. The number of rotatable bonds is 3. The number of nitrogens with zero attached hydrogens (tertiary/aromatic N) is 2. The fourth-order valence-electron chi connectivity index (χ4n) is 4.10. The number of para-hydroxylation sites is 2. The summed E-state index contributed by atoms with van der Waals surface area (Å²) in [6, 6.07) is 16.7. The molecule has 3 heteroatoms. The maximum atomic E-state index is 13.2. The van der Waals surface area contributed by atoms with Gasteiger partial charge in [0.15, 0.2) is 0 Å². The molecule has 0 aliphatic carbocycles. The van der Waals surface area contributed by atoms with Gasteiger partial charge in [-0.3, -0.25) is 9.69 Å². The fraction of sp³-hybridized carbons (Fsp3) is 0.409. The second kappa shape index (κ2) is 7.40. The van der Waals surface area contributed by atoms with Crippen molar-refractivity contribution in [3.8, 4) is 0 Å². The Morgan fingerprint density at radius 2 is 1.36 bits per heavy atom. The molecule has 2 aromatic rings. The molecule has 0 unspecified atom stereocenters. The lowest BCUT2D eigenvalue weighted by molar-refractivity contribution is -0.118. The van der Waals surface area contributed by atoms with E-state index in [-0.39, 0.29) is 5.91 Å². The molecule has 2 aliphatic rings. The monoisotopic (exact) mass is 334 g/mol. The summed E-state index contributed by atoms with van der Waals surface area (Å²) >= 11 is 0. The lowest BCUT2D eigenvalue weighted by atomic mass is 10.0. The van der Waals surface area contributed by atoms with Crippen molar-refractivity contribution in [2.45, 2.75) is 38.5 Å². The number of anilines is 2. The van der Waals surface area contributed by atoms with Gasteiger partial charge in [-0.25, -0.2) is 0 Å². The highest BCUT2D eigenvalue weighted by Crippen LogP contribution is 2.36. The molecule has 4 rings (SSSR count). The molecule has 2 heterocycles. The third-order valence-electron chi connectivity index (χ3n) is 5.47. The second-order valence-corrected chi connectivity index (χ2v) is 7.14. The van der Waals surface area contributed by atoms with E-state index in [1.165, 1.54) is 30.4 Å². The van der Waals surface area contributed by atoms with Gasteiger partial charge in [-0.2, -0.15) is 0 Å². The van der Waals surface area contributed by atoms with Crippen molar-refractivity contribution in [2.75, 3.05) is 24.5 Å². The van der Waals surface area contributed by atoms with Crippen molar-refractivity contribution in [2.24, 2.45) is 0 Å². The fourth-order valence-corrected chi connectivity index (χ4v) is 4.10. The highest BCUT2D eigenvalue weighted by molar-refractivity contribution is 6.02. The number of hydrogen-bond acceptors (Lipinski definition) is 2. The minimum absolute atomic E-state index is 0.215. The first-order valence-corrected chi connectivity index (χ1v) is 9.54. The zero-order valence-electron chi connectivity index (χ0n) is 14.8. The minimum atomic E-state index is 0.215. The van der Waals surface area contributed by atoms with Gasteiger partial charge in [0.05, 0.1) is 11.4 Å². The Balaban J connectivity index is 1.61. The number of likely N-dealkylation sites (tertiary alicyclic amines) is 1. The predicted octanol–water partition coefficient (Wildman–Crippen LogP) is 4.33. The summed E-state index contributed by atoms with van der Waals surface area (Å²) in [6.07, 6.45) is 6.43. The summed E-state index contributed by atoms with van der Waals surface area (Å²) in [5, 5.41) is 0. The summed E-state index contributed by atoms with van der Waals surface area (Å²) in [5.74, 6) is 0.215. The number of benzene rings is 2. The molecule has 1 amide bonds. The van der Waals surface area contributed by atoms with Crippen molar-refractivity contribution in [3.63, 3.8) is 0 Å². The summed E-state index contributed by atoms with van der Waals surface area (Å²) < 4.78 is 0. The normalized spacial score (nSPS) is 17.5. The Morgan fingerprint density at radius 1 is 0.800 bits per heavy atom. The van der Waals surface area contributed by atoms with E-state index in [1.807, 2.05) is 17.0 Å². The Labute approximate surface area is 150 Å². The van der Waals surface area contributed by atoms with Crippen molar-refractivity contribution < 1.29 is 4.79 Å². The van der Waals surface area contributed by atoms with E-state index in [4.69, 9.17) is 0 Å². The molecular formula is C22H26N2O. The highest BCUT2D eigenvalue weighted by atomic mass is 16.2. The first-order chi connectivity index (χ1) is 12.3. The lowest BCUT2D eigenvalue weighted by Gasteiger charge is -2.29. The first-order valence-electron chi connectivity index (χ1n) is 9.54. The zero-order chi connectivity index (χ0) is 17.1. The molecular weight excluding hydrogens is 308 g/mol. The quantitative estimate of drug-likeness (QED) is 0.834. The summed E-state index contributed by atoms with van der Waals surface area (Å²) in [7, 11) is 0. The topological polar surface area (TPSA) is 23.6 Å². The Kier molecular flexibility index (Phi) is 4.84. The zero-order valence-corrected chi connectivity index (χ0v) is 14.8. The van der Waals surface area contributed by atoms with Crippen LogP contribution in [0.25, 0.3) is 0 Å².